The first kappa shape index (κ1) is 6.20. The Morgan fingerprint density at radius 3 is 3.00 bits per heavy atom. The minimum absolute atomic E-state index is 0.0648. The normalized spacial score (nSPS) is 25.0. The van der Waals surface area contributed by atoms with E-state index < -0.39 is 0 Å². The van der Waals surface area contributed by atoms with E-state index in [9.17, 15) is 0 Å². The average Bonchev–Trinajstić information content (AvgIpc) is 1.88. The van der Waals surface area contributed by atoms with Crippen LogP contribution in [0, 0.1) is 0 Å². The highest BCUT2D eigenvalue weighted by molar-refractivity contribution is 5.14. The zero-order chi connectivity index (χ0) is 6.69. The van der Waals surface area contributed by atoms with Crippen molar-refractivity contribution in [2.75, 3.05) is 0 Å². The van der Waals surface area contributed by atoms with Gasteiger partial charge in [0, 0.05) is 6.08 Å². The molecule has 0 unspecified atom stereocenters. The largest absolute Gasteiger partial charge is 0.508 e. The van der Waals surface area contributed by atoms with E-state index in [0.29, 0.717) is 5.76 Å². The zero-order valence-corrected chi connectivity index (χ0v) is 5.37. The molecule has 0 fully saturated rings. The summed E-state index contributed by atoms with van der Waals surface area (Å²) in [5.41, 5.74) is 0. The second-order valence-corrected chi connectivity index (χ2v) is 1.98. The predicted molar refractivity (Wildman–Crippen MR) is 35.0 cm³/mol. The number of ether oxygens (including phenoxy) is 1. The fourth-order valence-corrected chi connectivity index (χ4v) is 0.709. The van der Waals surface area contributed by atoms with E-state index in [4.69, 9.17) is 9.84 Å². The Labute approximate surface area is 54.5 Å². The second-order valence-electron chi connectivity index (χ2n) is 1.98. The Hall–Kier alpha value is -0.920. The molecule has 0 bridgehead atoms. The summed E-state index contributed by atoms with van der Waals surface area (Å²) in [6.07, 6.45) is 5.71. The number of hydrogen-bond acceptors (Lipinski definition) is 2. The zero-order valence-electron chi connectivity index (χ0n) is 5.37. The molecule has 0 spiro atoms. The summed E-state index contributed by atoms with van der Waals surface area (Å²) in [6.45, 7) is 2.01. The van der Waals surface area contributed by atoms with E-state index >= 15 is 0 Å². The third kappa shape index (κ3) is 1.49. The Morgan fingerprint density at radius 1 is 1.78 bits per heavy atom. The van der Waals surface area contributed by atoms with Gasteiger partial charge in [0.05, 0.1) is 6.26 Å². The van der Waals surface area contributed by atoms with Crippen LogP contribution in [0.3, 0.4) is 0 Å². The molecule has 1 rings (SSSR count). The molecule has 0 aliphatic carbocycles. The maximum atomic E-state index is 8.90. The lowest BCUT2D eigenvalue weighted by molar-refractivity contribution is 0.171. The maximum absolute atomic E-state index is 8.90. The minimum Gasteiger partial charge on any atom is -0.508 e. The highest BCUT2D eigenvalue weighted by atomic mass is 16.5. The van der Waals surface area contributed by atoms with E-state index in [1.54, 1.807) is 6.08 Å². The van der Waals surface area contributed by atoms with Crippen molar-refractivity contribution in [3.8, 4) is 0 Å². The summed E-state index contributed by atoms with van der Waals surface area (Å²) in [4.78, 5) is 0. The van der Waals surface area contributed by atoms with Crippen LogP contribution in [0.2, 0.25) is 0 Å². The van der Waals surface area contributed by atoms with Gasteiger partial charge in [-0.2, -0.15) is 0 Å². The van der Waals surface area contributed by atoms with Gasteiger partial charge in [0.15, 0.2) is 0 Å². The Morgan fingerprint density at radius 2 is 2.56 bits per heavy atom. The van der Waals surface area contributed by atoms with Gasteiger partial charge in [0.1, 0.15) is 11.9 Å². The van der Waals surface area contributed by atoms with Crippen molar-refractivity contribution in [3.63, 3.8) is 0 Å². The molecule has 1 heterocycles. The summed E-state index contributed by atoms with van der Waals surface area (Å²) >= 11 is 0. The van der Waals surface area contributed by atoms with Crippen molar-refractivity contribution in [3.05, 3.63) is 24.2 Å². The number of aliphatic hydroxyl groups excluding tert-OH is 1. The molecule has 0 aromatic rings. The lowest BCUT2D eigenvalue weighted by atomic mass is 10.2. The van der Waals surface area contributed by atoms with E-state index in [1.807, 2.05) is 6.92 Å². The Bertz CT molecular complexity index is 147. The number of rotatable bonds is 1. The lowest BCUT2D eigenvalue weighted by Crippen LogP contribution is -2.07. The van der Waals surface area contributed by atoms with Gasteiger partial charge in [-0.25, -0.2) is 0 Å². The molecular weight excluding hydrogens is 116 g/mol. The van der Waals surface area contributed by atoms with Crippen LogP contribution in [0.4, 0.5) is 0 Å². The van der Waals surface area contributed by atoms with Crippen LogP contribution in [0.5, 0.6) is 0 Å². The molecule has 1 atom stereocenters. The third-order valence-electron chi connectivity index (χ3n) is 1.25. The van der Waals surface area contributed by atoms with Gasteiger partial charge in [-0.3, -0.25) is 0 Å². The molecule has 1 N–H and O–H groups in total. The first-order chi connectivity index (χ1) is 4.33. The van der Waals surface area contributed by atoms with Crippen LogP contribution in [0.1, 0.15) is 13.3 Å². The van der Waals surface area contributed by atoms with Crippen LogP contribution < -0.4 is 0 Å². The smallest absolute Gasteiger partial charge is 0.119 e. The molecule has 50 valence electrons. The SMILES string of the molecule is CC[C@H]1C=C(O)C=CO1. The van der Waals surface area contributed by atoms with Crippen molar-refractivity contribution in [1.29, 1.82) is 0 Å². The number of hydrogen-bond donors (Lipinski definition) is 1. The molecule has 1 aliphatic rings. The molecule has 0 amide bonds. The minimum atomic E-state index is 0.0648. The van der Waals surface area contributed by atoms with Gasteiger partial charge in [-0.1, -0.05) is 6.92 Å². The molecule has 9 heavy (non-hydrogen) atoms. The topological polar surface area (TPSA) is 29.5 Å². The van der Waals surface area contributed by atoms with Crippen LogP contribution in [-0.4, -0.2) is 11.2 Å². The standard InChI is InChI=1S/C7H10O2/c1-2-7-5-6(8)3-4-9-7/h3-5,7-8H,2H2,1H3/t7-/m0/s1. The van der Waals surface area contributed by atoms with Gasteiger partial charge in [0.2, 0.25) is 0 Å². The van der Waals surface area contributed by atoms with Crippen LogP contribution in [0.25, 0.3) is 0 Å². The monoisotopic (exact) mass is 126 g/mol. The number of allylic oxidation sites excluding steroid dienone is 1. The quantitative estimate of drug-likeness (QED) is 0.580. The van der Waals surface area contributed by atoms with Crippen LogP contribution in [0.15, 0.2) is 24.2 Å². The Balaban J connectivity index is 2.55. The second kappa shape index (κ2) is 2.58. The molecule has 0 saturated heterocycles. The first-order valence-electron chi connectivity index (χ1n) is 3.05. The predicted octanol–water partition coefficient (Wildman–Crippen LogP) is 1.75. The summed E-state index contributed by atoms with van der Waals surface area (Å²) < 4.78 is 5.08. The van der Waals surface area contributed by atoms with E-state index in [0.717, 1.165) is 6.42 Å². The molecule has 0 saturated carbocycles. The Kier molecular flexibility index (Phi) is 1.78. The van der Waals surface area contributed by atoms with E-state index in [-0.39, 0.29) is 6.10 Å². The summed E-state index contributed by atoms with van der Waals surface area (Å²) in [5, 5.41) is 8.90. The van der Waals surface area contributed by atoms with E-state index in [2.05, 4.69) is 0 Å². The van der Waals surface area contributed by atoms with Crippen molar-refractivity contribution in [1.82, 2.24) is 0 Å². The molecule has 0 radical (unpaired) electrons. The van der Waals surface area contributed by atoms with Crippen molar-refractivity contribution in [2.45, 2.75) is 19.4 Å². The molecule has 2 heteroatoms. The summed E-state index contributed by atoms with van der Waals surface area (Å²) in [7, 11) is 0. The fourth-order valence-electron chi connectivity index (χ4n) is 0.709. The fraction of sp³-hybridized carbons (Fsp3) is 0.429. The molecule has 0 aromatic carbocycles. The number of aliphatic hydroxyl groups is 1. The molecule has 2 nitrogen and oxygen atoms in total. The highest BCUT2D eigenvalue weighted by Gasteiger charge is 2.05. The molecular formula is C7H10O2. The third-order valence-corrected chi connectivity index (χ3v) is 1.25. The maximum Gasteiger partial charge on any atom is 0.119 e. The lowest BCUT2D eigenvalue weighted by Gasteiger charge is -2.13. The van der Waals surface area contributed by atoms with Crippen LogP contribution >= 0.6 is 0 Å². The van der Waals surface area contributed by atoms with Gasteiger partial charge < -0.3 is 9.84 Å². The van der Waals surface area contributed by atoms with Crippen molar-refractivity contribution >= 4 is 0 Å². The van der Waals surface area contributed by atoms with Crippen molar-refractivity contribution in [2.24, 2.45) is 0 Å². The van der Waals surface area contributed by atoms with Gasteiger partial charge in [-0.05, 0) is 12.5 Å². The highest BCUT2D eigenvalue weighted by Crippen LogP contribution is 2.09. The molecule has 0 aromatic heterocycles. The van der Waals surface area contributed by atoms with E-state index in [1.165, 1.54) is 12.3 Å². The first-order valence-corrected chi connectivity index (χ1v) is 3.05. The summed E-state index contributed by atoms with van der Waals surface area (Å²) in [6, 6.07) is 0. The van der Waals surface area contributed by atoms with Gasteiger partial charge >= 0.3 is 0 Å². The molecule has 1 aliphatic heterocycles. The van der Waals surface area contributed by atoms with Gasteiger partial charge in [0.25, 0.3) is 0 Å². The van der Waals surface area contributed by atoms with Crippen molar-refractivity contribution < 1.29 is 9.84 Å². The average molecular weight is 126 g/mol. The van der Waals surface area contributed by atoms with Gasteiger partial charge in [-0.15, -0.1) is 0 Å². The van der Waals surface area contributed by atoms with Crippen LogP contribution in [-0.2, 0) is 4.74 Å². The summed E-state index contributed by atoms with van der Waals surface area (Å²) in [5.74, 6) is 0.299.